The minimum absolute atomic E-state index is 0. The Morgan fingerprint density at radius 2 is 2.30 bits per heavy atom. The van der Waals surface area contributed by atoms with Crippen molar-refractivity contribution in [2.24, 2.45) is 0 Å². The highest BCUT2D eigenvalue weighted by Crippen LogP contribution is 2.24. The number of rotatable bonds is 2. The van der Waals surface area contributed by atoms with Crippen molar-refractivity contribution in [2.75, 3.05) is 32.1 Å². The Bertz CT molecular complexity index is 493. The summed E-state index contributed by atoms with van der Waals surface area (Å²) in [5.74, 6) is 0.136. The maximum Gasteiger partial charge on any atom is 0.253 e. The summed E-state index contributed by atoms with van der Waals surface area (Å²) in [6, 6.07) is 5.98. The van der Waals surface area contributed by atoms with E-state index in [-0.39, 0.29) is 24.4 Å². The fourth-order valence-electron chi connectivity index (χ4n) is 2.94. The van der Waals surface area contributed by atoms with E-state index in [1.54, 1.807) is 7.11 Å². The average molecular weight is 297 g/mol. The number of benzene rings is 1. The second-order valence-electron chi connectivity index (χ2n) is 5.30. The molecule has 0 aliphatic carbocycles. The number of fused-ring (bicyclic) bond motifs is 1. The van der Waals surface area contributed by atoms with E-state index >= 15 is 0 Å². The van der Waals surface area contributed by atoms with Crippen molar-refractivity contribution in [3.05, 3.63) is 29.3 Å². The second kappa shape index (κ2) is 6.46. The largest absolute Gasteiger partial charge is 0.384 e. The molecule has 2 heterocycles. The average Bonchev–Trinajstić information content (AvgIpc) is 2.94. The summed E-state index contributed by atoms with van der Waals surface area (Å²) in [5.41, 5.74) is 3.23. The first-order valence-electron chi connectivity index (χ1n) is 6.97. The zero-order valence-corrected chi connectivity index (χ0v) is 12.5. The van der Waals surface area contributed by atoms with Crippen molar-refractivity contribution in [3.8, 4) is 0 Å². The van der Waals surface area contributed by atoms with Crippen LogP contribution >= 0.6 is 12.4 Å². The van der Waals surface area contributed by atoms with Crippen LogP contribution in [-0.2, 0) is 11.2 Å². The zero-order chi connectivity index (χ0) is 13.2. The van der Waals surface area contributed by atoms with Gasteiger partial charge in [0.25, 0.3) is 5.91 Å². The van der Waals surface area contributed by atoms with Crippen LogP contribution in [0.15, 0.2) is 18.2 Å². The highest BCUT2D eigenvalue weighted by molar-refractivity contribution is 5.95. The zero-order valence-electron chi connectivity index (χ0n) is 11.7. The van der Waals surface area contributed by atoms with E-state index in [4.69, 9.17) is 4.74 Å². The third-order valence-corrected chi connectivity index (χ3v) is 4.06. The number of anilines is 1. The van der Waals surface area contributed by atoms with E-state index in [0.717, 1.165) is 37.9 Å². The van der Waals surface area contributed by atoms with Crippen LogP contribution in [0.3, 0.4) is 0 Å². The van der Waals surface area contributed by atoms with Gasteiger partial charge in [-0.3, -0.25) is 4.79 Å². The molecule has 110 valence electrons. The van der Waals surface area contributed by atoms with Gasteiger partial charge >= 0.3 is 0 Å². The fourth-order valence-corrected chi connectivity index (χ4v) is 2.94. The van der Waals surface area contributed by atoms with Gasteiger partial charge in [-0.25, -0.2) is 0 Å². The van der Waals surface area contributed by atoms with Crippen molar-refractivity contribution in [3.63, 3.8) is 0 Å². The molecule has 1 N–H and O–H groups in total. The van der Waals surface area contributed by atoms with E-state index in [0.29, 0.717) is 6.54 Å². The molecule has 5 heteroatoms. The van der Waals surface area contributed by atoms with Crippen LogP contribution in [0, 0.1) is 0 Å². The predicted octanol–water partition coefficient (Wildman–Crippen LogP) is 2.33. The second-order valence-corrected chi connectivity index (χ2v) is 5.30. The molecule has 0 spiro atoms. The van der Waals surface area contributed by atoms with E-state index < -0.39 is 0 Å². The van der Waals surface area contributed by atoms with Crippen LogP contribution in [0.5, 0.6) is 0 Å². The Hall–Kier alpha value is -1.26. The third-order valence-electron chi connectivity index (χ3n) is 4.06. The summed E-state index contributed by atoms with van der Waals surface area (Å²) in [6.45, 7) is 2.53. The number of carbonyl (C=O) groups excluding carboxylic acids is 1. The number of amides is 1. The van der Waals surface area contributed by atoms with Crippen molar-refractivity contribution in [1.29, 1.82) is 0 Å². The number of nitrogens with zero attached hydrogens (tertiary/aromatic N) is 1. The Labute approximate surface area is 125 Å². The molecule has 0 saturated carbocycles. The molecular formula is C15H21ClN2O2. The van der Waals surface area contributed by atoms with E-state index in [1.807, 2.05) is 23.1 Å². The predicted molar refractivity (Wildman–Crippen MR) is 81.8 cm³/mol. The molecule has 2 aliphatic rings. The third kappa shape index (κ3) is 2.91. The van der Waals surface area contributed by atoms with Gasteiger partial charge in [-0.15, -0.1) is 12.4 Å². The molecule has 0 bridgehead atoms. The molecule has 1 amide bonds. The van der Waals surface area contributed by atoms with E-state index in [9.17, 15) is 4.79 Å². The minimum Gasteiger partial charge on any atom is -0.384 e. The molecule has 1 unspecified atom stereocenters. The standard InChI is InChI=1S/C15H20N2O2.ClH/c1-19-13-3-2-8-17(10-13)15(18)12-4-5-14-11(9-12)6-7-16-14;/h4-5,9,13,16H,2-3,6-8,10H2,1H3;1H. The van der Waals surface area contributed by atoms with Crippen molar-refractivity contribution in [2.45, 2.75) is 25.4 Å². The SMILES string of the molecule is COC1CCCN(C(=O)c2ccc3c(c2)CCN3)C1.Cl. The number of hydrogen-bond acceptors (Lipinski definition) is 3. The van der Waals surface area contributed by atoms with Crippen LogP contribution in [0.25, 0.3) is 0 Å². The van der Waals surface area contributed by atoms with Gasteiger partial charge in [-0.2, -0.15) is 0 Å². The molecule has 0 aromatic heterocycles. The van der Waals surface area contributed by atoms with Crippen LogP contribution in [0.1, 0.15) is 28.8 Å². The van der Waals surface area contributed by atoms with E-state index in [2.05, 4.69) is 5.32 Å². The van der Waals surface area contributed by atoms with Gasteiger partial charge in [0, 0.05) is 38.0 Å². The van der Waals surface area contributed by atoms with Gasteiger partial charge < -0.3 is 15.0 Å². The Kier molecular flexibility index (Phi) is 4.89. The Morgan fingerprint density at radius 3 is 3.10 bits per heavy atom. The Morgan fingerprint density at radius 1 is 1.45 bits per heavy atom. The van der Waals surface area contributed by atoms with Gasteiger partial charge in [0.2, 0.25) is 0 Å². The molecule has 2 aliphatic heterocycles. The monoisotopic (exact) mass is 296 g/mol. The number of piperidine rings is 1. The number of halogens is 1. The molecule has 1 aromatic carbocycles. The normalized spacial score (nSPS) is 20.9. The lowest BCUT2D eigenvalue weighted by atomic mass is 10.0. The minimum atomic E-state index is 0. The summed E-state index contributed by atoms with van der Waals surface area (Å²) in [7, 11) is 1.72. The lowest BCUT2D eigenvalue weighted by molar-refractivity contribution is 0.0269. The van der Waals surface area contributed by atoms with Crippen molar-refractivity contribution < 1.29 is 9.53 Å². The van der Waals surface area contributed by atoms with Gasteiger partial charge in [0.15, 0.2) is 0 Å². The summed E-state index contributed by atoms with van der Waals surface area (Å²) in [5, 5.41) is 3.32. The fraction of sp³-hybridized carbons (Fsp3) is 0.533. The van der Waals surface area contributed by atoms with Gasteiger partial charge in [0.05, 0.1) is 6.10 Å². The maximum atomic E-state index is 12.5. The topological polar surface area (TPSA) is 41.6 Å². The number of likely N-dealkylation sites (tertiary alicyclic amines) is 1. The number of hydrogen-bond donors (Lipinski definition) is 1. The summed E-state index contributed by atoms with van der Waals surface area (Å²) in [6.07, 6.45) is 3.27. The van der Waals surface area contributed by atoms with Gasteiger partial charge in [-0.05, 0) is 43.0 Å². The quantitative estimate of drug-likeness (QED) is 0.911. The molecule has 1 fully saturated rings. The molecule has 0 radical (unpaired) electrons. The highest BCUT2D eigenvalue weighted by Gasteiger charge is 2.25. The molecular weight excluding hydrogens is 276 g/mol. The van der Waals surface area contributed by atoms with Crippen LogP contribution < -0.4 is 5.32 Å². The lowest BCUT2D eigenvalue weighted by Gasteiger charge is -2.32. The summed E-state index contributed by atoms with van der Waals surface area (Å²) < 4.78 is 5.38. The molecule has 1 aromatic rings. The number of methoxy groups -OCH3 is 1. The first-order valence-corrected chi connectivity index (χ1v) is 6.97. The molecule has 20 heavy (non-hydrogen) atoms. The summed E-state index contributed by atoms with van der Waals surface area (Å²) >= 11 is 0. The van der Waals surface area contributed by atoms with Crippen LogP contribution in [0.2, 0.25) is 0 Å². The molecule has 1 atom stereocenters. The van der Waals surface area contributed by atoms with Crippen LogP contribution in [-0.4, -0.2) is 43.7 Å². The molecule has 3 rings (SSSR count). The molecule has 4 nitrogen and oxygen atoms in total. The number of ether oxygens (including phenoxy) is 1. The smallest absolute Gasteiger partial charge is 0.253 e. The number of carbonyl (C=O) groups is 1. The first kappa shape index (κ1) is 15.1. The maximum absolute atomic E-state index is 12.5. The van der Waals surface area contributed by atoms with Gasteiger partial charge in [-0.1, -0.05) is 0 Å². The van der Waals surface area contributed by atoms with Crippen molar-refractivity contribution >= 4 is 24.0 Å². The van der Waals surface area contributed by atoms with E-state index in [1.165, 1.54) is 11.3 Å². The molecule has 1 saturated heterocycles. The Balaban J connectivity index is 0.00000147. The summed E-state index contributed by atoms with van der Waals surface area (Å²) in [4.78, 5) is 14.4. The first-order chi connectivity index (χ1) is 9.28. The van der Waals surface area contributed by atoms with Gasteiger partial charge in [0.1, 0.15) is 0 Å². The highest BCUT2D eigenvalue weighted by atomic mass is 35.5. The lowest BCUT2D eigenvalue weighted by Crippen LogP contribution is -2.42. The van der Waals surface area contributed by atoms with Crippen molar-refractivity contribution in [1.82, 2.24) is 4.90 Å². The number of nitrogens with one attached hydrogen (secondary N) is 1. The van der Waals surface area contributed by atoms with Crippen LogP contribution in [0.4, 0.5) is 5.69 Å².